The number of ether oxygens (including phenoxy) is 2. The zero-order valence-electron chi connectivity index (χ0n) is 27.4. The molecule has 2 aliphatic rings. The fourth-order valence-electron chi connectivity index (χ4n) is 6.06. The average molecular weight is 634 g/mol. The Morgan fingerprint density at radius 1 is 0.957 bits per heavy atom. The lowest BCUT2D eigenvalue weighted by molar-refractivity contribution is -0.139. The number of methoxy groups -OCH3 is 1. The average Bonchev–Trinajstić information content (AvgIpc) is 3.05. The smallest absolute Gasteiger partial charge is 0.336 e. The van der Waals surface area contributed by atoms with Gasteiger partial charge in [0.15, 0.2) is 0 Å². The van der Waals surface area contributed by atoms with Gasteiger partial charge in [0, 0.05) is 49.8 Å². The van der Waals surface area contributed by atoms with E-state index in [9.17, 15) is 19.5 Å². The van der Waals surface area contributed by atoms with Gasteiger partial charge in [-0.3, -0.25) is 4.90 Å². The summed E-state index contributed by atoms with van der Waals surface area (Å²) in [5, 5.41) is 18.9. The van der Waals surface area contributed by atoms with Crippen molar-refractivity contribution in [2.75, 3.05) is 63.2 Å². The molecule has 2 aromatic rings. The number of carboxylic acids is 1. The van der Waals surface area contributed by atoms with E-state index in [1.165, 1.54) is 0 Å². The number of anilines is 2. The van der Waals surface area contributed by atoms with E-state index in [0.717, 1.165) is 69.8 Å². The van der Waals surface area contributed by atoms with Crippen molar-refractivity contribution in [1.29, 1.82) is 0 Å². The molecule has 1 atom stereocenters. The maximum Gasteiger partial charge on any atom is 0.336 e. The molecule has 46 heavy (non-hydrogen) atoms. The van der Waals surface area contributed by atoms with E-state index in [2.05, 4.69) is 38.7 Å². The monoisotopic (exact) mass is 633 g/mol. The molecule has 2 aromatic carbocycles. The quantitative estimate of drug-likeness (QED) is 0.166. The van der Waals surface area contributed by atoms with Gasteiger partial charge in [0.25, 0.3) is 0 Å². The summed E-state index contributed by atoms with van der Waals surface area (Å²) in [7, 11) is 1.69. The van der Waals surface area contributed by atoms with Crippen molar-refractivity contribution in [1.82, 2.24) is 15.5 Å². The van der Waals surface area contributed by atoms with Crippen LogP contribution in [0.15, 0.2) is 71.1 Å². The second-order valence-corrected chi connectivity index (χ2v) is 11.6. The first-order valence-corrected chi connectivity index (χ1v) is 16.1. The Morgan fingerprint density at radius 2 is 1.70 bits per heavy atom. The molecule has 0 radical (unpaired) electrons. The van der Waals surface area contributed by atoms with Gasteiger partial charge in [-0.05, 0) is 63.1 Å². The number of esters is 1. The number of hydrogen-bond acceptors (Lipinski definition) is 8. The van der Waals surface area contributed by atoms with Crippen LogP contribution < -0.4 is 25.6 Å². The predicted molar refractivity (Wildman–Crippen MR) is 179 cm³/mol. The first kappa shape index (κ1) is 34.4. The number of allylic oxidation sites excluding steroid dienone is 2. The van der Waals surface area contributed by atoms with Gasteiger partial charge in [0.1, 0.15) is 5.75 Å². The van der Waals surface area contributed by atoms with Crippen LogP contribution in [-0.2, 0) is 14.3 Å². The number of hydrogen-bond donors (Lipinski definition) is 4. The Labute approximate surface area is 271 Å². The minimum atomic E-state index is -1.13. The molecule has 1 fully saturated rings. The Morgan fingerprint density at radius 3 is 2.41 bits per heavy atom. The maximum atomic E-state index is 13.2. The molecule has 2 aliphatic heterocycles. The van der Waals surface area contributed by atoms with Crippen LogP contribution in [0, 0.1) is 0 Å². The van der Waals surface area contributed by atoms with Crippen LogP contribution in [0.5, 0.6) is 5.75 Å². The fraction of sp³-hybridized carbons (Fsp3) is 0.457. The van der Waals surface area contributed by atoms with E-state index >= 15 is 0 Å². The number of carboxylic acid groups (broad SMARTS) is 1. The number of rotatable bonds is 14. The van der Waals surface area contributed by atoms with Crippen LogP contribution in [0.4, 0.5) is 16.2 Å². The number of carbonyl (C=O) groups excluding carboxylic acids is 2. The number of unbranched alkanes of at least 4 members (excludes halogenated alkanes) is 2. The summed E-state index contributed by atoms with van der Waals surface area (Å²) in [6, 6.07) is 14.7. The van der Waals surface area contributed by atoms with Crippen LogP contribution >= 0.6 is 0 Å². The largest absolute Gasteiger partial charge is 0.495 e. The lowest BCUT2D eigenvalue weighted by Gasteiger charge is -2.36. The Kier molecular flexibility index (Phi) is 12.5. The second kappa shape index (κ2) is 16.7. The number of nitrogens with one attached hydrogen (secondary N) is 3. The van der Waals surface area contributed by atoms with Gasteiger partial charge in [-0.15, -0.1) is 0 Å². The van der Waals surface area contributed by atoms with E-state index in [1.807, 2.05) is 18.2 Å². The first-order valence-electron chi connectivity index (χ1n) is 16.1. The van der Waals surface area contributed by atoms with Gasteiger partial charge < -0.3 is 35.4 Å². The zero-order valence-corrected chi connectivity index (χ0v) is 27.4. The number of nitrogens with zero attached hydrogens (tertiary/aromatic N) is 2. The maximum absolute atomic E-state index is 13.2. The SMILES string of the molecule is CCCCCOC(=O)C1=C(C)NC(C)=C(C(=O)O)C1c1cccc(NC(=O)NCCCN2CCN(c3ccccc3OC)CC2)c1. The predicted octanol–water partition coefficient (Wildman–Crippen LogP) is 5.08. The molecule has 248 valence electrons. The summed E-state index contributed by atoms with van der Waals surface area (Å²) in [6.45, 7) is 10.8. The van der Waals surface area contributed by atoms with Crippen LogP contribution in [0.3, 0.4) is 0 Å². The van der Waals surface area contributed by atoms with Gasteiger partial charge in [0.05, 0.1) is 36.5 Å². The highest BCUT2D eigenvalue weighted by molar-refractivity contribution is 5.99. The third-order valence-electron chi connectivity index (χ3n) is 8.40. The van der Waals surface area contributed by atoms with Crippen molar-refractivity contribution < 1.29 is 29.0 Å². The standard InChI is InChI=1S/C35H47N5O6/c1-5-6-9-22-46-34(43)31-25(3)37-24(2)30(33(41)42)32(31)26-12-10-13-27(23-26)38-35(44)36-16-11-17-39-18-20-40(21-19-39)28-14-7-8-15-29(28)45-4/h7-8,10,12-15,23,32,37H,5-6,9,11,16-22H2,1-4H3,(H,41,42)(H2,36,38,44). The molecule has 0 aromatic heterocycles. The molecule has 11 heteroatoms. The highest BCUT2D eigenvalue weighted by atomic mass is 16.5. The normalized spacial score (nSPS) is 17.0. The lowest BCUT2D eigenvalue weighted by Crippen LogP contribution is -2.47. The van der Waals surface area contributed by atoms with Crippen LogP contribution in [0.25, 0.3) is 0 Å². The molecular formula is C35H47N5O6. The number of para-hydroxylation sites is 2. The van der Waals surface area contributed by atoms with Crippen molar-refractivity contribution in [2.24, 2.45) is 0 Å². The summed E-state index contributed by atoms with van der Waals surface area (Å²) in [5.74, 6) is -1.65. The minimum Gasteiger partial charge on any atom is -0.495 e. The number of amides is 2. The van der Waals surface area contributed by atoms with Crippen LogP contribution in [0.2, 0.25) is 0 Å². The molecule has 4 N–H and O–H groups in total. The van der Waals surface area contributed by atoms with Crippen molar-refractivity contribution in [3.63, 3.8) is 0 Å². The van der Waals surface area contributed by atoms with Gasteiger partial charge in [-0.1, -0.05) is 44.0 Å². The minimum absolute atomic E-state index is 0.0662. The van der Waals surface area contributed by atoms with Gasteiger partial charge >= 0.3 is 18.0 Å². The first-order chi connectivity index (χ1) is 22.2. The molecule has 2 amide bonds. The number of benzene rings is 2. The highest BCUT2D eigenvalue weighted by Gasteiger charge is 2.37. The Hall–Kier alpha value is -4.51. The summed E-state index contributed by atoms with van der Waals surface area (Å²) >= 11 is 0. The highest BCUT2D eigenvalue weighted by Crippen LogP contribution is 2.39. The van der Waals surface area contributed by atoms with Crippen molar-refractivity contribution in [3.05, 3.63) is 76.6 Å². The zero-order chi connectivity index (χ0) is 33.1. The van der Waals surface area contributed by atoms with Gasteiger partial charge in [-0.25, -0.2) is 14.4 Å². The molecular weight excluding hydrogens is 586 g/mol. The van der Waals surface area contributed by atoms with E-state index in [0.29, 0.717) is 29.2 Å². The molecule has 0 spiro atoms. The number of aliphatic carboxylic acids is 1. The number of piperazine rings is 1. The number of dihydropyridines is 1. The third-order valence-corrected chi connectivity index (χ3v) is 8.40. The summed E-state index contributed by atoms with van der Waals surface area (Å²) in [4.78, 5) is 43.1. The number of urea groups is 1. The molecule has 2 heterocycles. The van der Waals surface area contributed by atoms with Crippen molar-refractivity contribution in [3.8, 4) is 5.75 Å². The van der Waals surface area contributed by atoms with E-state index in [4.69, 9.17) is 9.47 Å². The number of carbonyl (C=O) groups is 3. The Bertz CT molecular complexity index is 1450. The lowest BCUT2D eigenvalue weighted by atomic mass is 9.80. The van der Waals surface area contributed by atoms with E-state index in [1.54, 1.807) is 45.2 Å². The van der Waals surface area contributed by atoms with Gasteiger partial charge in [-0.2, -0.15) is 0 Å². The summed E-state index contributed by atoms with van der Waals surface area (Å²) in [6.07, 6.45) is 3.47. The molecule has 1 unspecified atom stereocenters. The van der Waals surface area contributed by atoms with Gasteiger partial charge in [0.2, 0.25) is 0 Å². The van der Waals surface area contributed by atoms with E-state index < -0.39 is 17.9 Å². The molecule has 0 saturated carbocycles. The molecule has 4 rings (SSSR count). The molecule has 0 bridgehead atoms. The van der Waals surface area contributed by atoms with Crippen LogP contribution in [-0.4, -0.2) is 81.0 Å². The second-order valence-electron chi connectivity index (χ2n) is 11.6. The van der Waals surface area contributed by atoms with Crippen LogP contribution in [0.1, 0.15) is 57.9 Å². The molecule has 11 nitrogen and oxygen atoms in total. The molecule has 0 aliphatic carbocycles. The summed E-state index contributed by atoms with van der Waals surface area (Å²) < 4.78 is 11.1. The molecule has 1 saturated heterocycles. The van der Waals surface area contributed by atoms with Crippen molar-refractivity contribution in [2.45, 2.75) is 52.4 Å². The third kappa shape index (κ3) is 8.81. The Balaban J connectivity index is 1.32. The fourth-order valence-corrected chi connectivity index (χ4v) is 6.06. The van der Waals surface area contributed by atoms with Crippen molar-refractivity contribution >= 4 is 29.3 Å². The summed E-state index contributed by atoms with van der Waals surface area (Å²) in [5.41, 5.74) is 3.50. The van der Waals surface area contributed by atoms with E-state index in [-0.39, 0.29) is 23.8 Å². The topological polar surface area (TPSA) is 132 Å².